The topological polar surface area (TPSA) is 115 Å². The molecule has 0 heterocycles. The van der Waals surface area contributed by atoms with Crippen LogP contribution in [-0.2, 0) is 16.6 Å². The lowest BCUT2D eigenvalue weighted by Gasteiger charge is -2.10. The molecule has 0 aliphatic rings. The maximum absolute atomic E-state index is 12.7. The van der Waals surface area contributed by atoms with Gasteiger partial charge in [0.15, 0.2) is 0 Å². The summed E-state index contributed by atoms with van der Waals surface area (Å²) < 4.78 is 27.8. The van der Waals surface area contributed by atoms with Crippen LogP contribution in [0, 0.1) is 10.1 Å². The molecule has 3 N–H and O–H groups in total. The van der Waals surface area contributed by atoms with Crippen LogP contribution in [0.2, 0.25) is 0 Å². The highest BCUT2D eigenvalue weighted by molar-refractivity contribution is 7.89. The van der Waals surface area contributed by atoms with Crippen molar-refractivity contribution < 1.29 is 13.3 Å². The molecule has 0 spiro atoms. The number of nitrogen functional groups attached to an aromatic ring is 1. The maximum atomic E-state index is 12.7. The van der Waals surface area contributed by atoms with Gasteiger partial charge in [0.05, 0.1) is 9.82 Å². The molecule has 136 valence electrons. The lowest BCUT2D eigenvalue weighted by atomic mass is 10.1. The molecule has 0 radical (unpaired) electrons. The largest absolute Gasteiger partial charge is 0.398 e. The van der Waals surface area contributed by atoms with Crippen molar-refractivity contribution in [2.45, 2.75) is 11.4 Å². The number of rotatable bonds is 5. The van der Waals surface area contributed by atoms with E-state index in [4.69, 9.17) is 5.73 Å². The number of non-ortho nitro benzene ring substituents is 1. The normalized spacial score (nSPS) is 11.1. The summed E-state index contributed by atoms with van der Waals surface area (Å²) >= 11 is 0. The predicted molar refractivity (Wildman–Crippen MR) is 103 cm³/mol. The lowest BCUT2D eigenvalue weighted by molar-refractivity contribution is -0.384. The van der Waals surface area contributed by atoms with E-state index in [0.717, 1.165) is 0 Å². The Hall–Kier alpha value is -2.68. The molecule has 0 saturated carbocycles. The highest BCUT2D eigenvalue weighted by atomic mass is 35.5. The third-order valence-corrected chi connectivity index (χ3v) is 5.25. The third kappa shape index (κ3) is 3.93. The first kappa shape index (κ1) is 19.6. The van der Waals surface area contributed by atoms with Crippen LogP contribution in [0.25, 0.3) is 10.8 Å². The Balaban J connectivity index is 0.00000243. The van der Waals surface area contributed by atoms with Crippen LogP contribution < -0.4 is 10.5 Å². The standard InChI is InChI=1S/C17H15N3O4S.ClH/c18-16-8-2-7-15-14(16)6-3-9-17(15)25(23,24)19-11-12-4-1-5-13(10-12)20(21)22;/h1-10,19H,11,18H2;1H. The van der Waals surface area contributed by atoms with Crippen molar-refractivity contribution in [1.29, 1.82) is 0 Å². The number of nitro benzene ring substituents is 1. The van der Waals surface area contributed by atoms with Gasteiger partial charge in [-0.25, -0.2) is 13.1 Å². The molecule has 3 rings (SSSR count). The number of nitrogens with zero attached hydrogens (tertiary/aromatic N) is 1. The van der Waals surface area contributed by atoms with Crippen LogP contribution in [0.4, 0.5) is 11.4 Å². The molecule has 0 aromatic heterocycles. The van der Waals surface area contributed by atoms with Crippen molar-refractivity contribution in [3.8, 4) is 0 Å². The number of benzene rings is 3. The number of hydrogen-bond donors (Lipinski definition) is 2. The molecule has 0 aliphatic heterocycles. The van der Waals surface area contributed by atoms with Crippen molar-refractivity contribution in [2.24, 2.45) is 0 Å². The summed E-state index contributed by atoms with van der Waals surface area (Å²) in [6.07, 6.45) is 0. The van der Waals surface area contributed by atoms with E-state index < -0.39 is 14.9 Å². The number of hydrogen-bond acceptors (Lipinski definition) is 5. The number of nitrogens with one attached hydrogen (secondary N) is 1. The Morgan fingerprint density at radius 3 is 2.38 bits per heavy atom. The second kappa shape index (κ2) is 7.69. The molecule has 0 aliphatic carbocycles. The van der Waals surface area contributed by atoms with Gasteiger partial charge in [0.1, 0.15) is 0 Å². The smallest absolute Gasteiger partial charge is 0.269 e. The van der Waals surface area contributed by atoms with Crippen molar-refractivity contribution in [3.63, 3.8) is 0 Å². The molecule has 0 amide bonds. The zero-order valence-electron chi connectivity index (χ0n) is 13.5. The van der Waals surface area contributed by atoms with Crippen LogP contribution in [0.15, 0.2) is 65.6 Å². The Labute approximate surface area is 156 Å². The molecule has 0 unspecified atom stereocenters. The predicted octanol–water partition coefficient (Wildman–Crippen LogP) is 3.23. The Bertz CT molecular complexity index is 1070. The number of sulfonamides is 1. The minimum atomic E-state index is -3.81. The molecule has 9 heteroatoms. The summed E-state index contributed by atoms with van der Waals surface area (Å²) in [5.74, 6) is 0. The van der Waals surface area contributed by atoms with Crippen molar-refractivity contribution in [3.05, 3.63) is 76.3 Å². The van der Waals surface area contributed by atoms with Gasteiger partial charge in [0.25, 0.3) is 5.69 Å². The van der Waals surface area contributed by atoms with Gasteiger partial charge in [-0.3, -0.25) is 10.1 Å². The first-order valence-corrected chi connectivity index (χ1v) is 8.87. The average molecular weight is 394 g/mol. The first-order chi connectivity index (χ1) is 11.9. The van der Waals surface area contributed by atoms with Gasteiger partial charge in [-0.05, 0) is 17.7 Å². The molecule has 7 nitrogen and oxygen atoms in total. The summed E-state index contributed by atoms with van der Waals surface area (Å²) in [4.78, 5) is 10.4. The molecule has 3 aromatic carbocycles. The molecule has 0 saturated heterocycles. The number of anilines is 1. The van der Waals surface area contributed by atoms with E-state index in [2.05, 4.69) is 4.72 Å². The average Bonchev–Trinajstić information content (AvgIpc) is 2.60. The van der Waals surface area contributed by atoms with E-state index >= 15 is 0 Å². The molecule has 0 bridgehead atoms. The third-order valence-electron chi connectivity index (χ3n) is 3.79. The highest BCUT2D eigenvalue weighted by Gasteiger charge is 2.18. The zero-order chi connectivity index (χ0) is 18.0. The SMILES string of the molecule is Cl.Nc1cccc2c(S(=O)(=O)NCc3cccc([N+](=O)[O-])c3)cccc12. The number of halogens is 1. The minimum absolute atomic E-state index is 0. The van der Waals surface area contributed by atoms with Crippen LogP contribution in [0.3, 0.4) is 0 Å². The summed E-state index contributed by atoms with van der Waals surface area (Å²) in [5, 5.41) is 12.0. The fourth-order valence-corrected chi connectivity index (χ4v) is 3.81. The van der Waals surface area contributed by atoms with Crippen LogP contribution in [0.1, 0.15) is 5.56 Å². The fraction of sp³-hybridized carbons (Fsp3) is 0.0588. The van der Waals surface area contributed by atoms with E-state index in [1.54, 1.807) is 36.4 Å². The van der Waals surface area contributed by atoms with E-state index in [0.29, 0.717) is 22.0 Å². The summed E-state index contributed by atoms with van der Waals surface area (Å²) in [5.41, 5.74) is 6.80. The van der Waals surface area contributed by atoms with Crippen LogP contribution in [-0.4, -0.2) is 13.3 Å². The Morgan fingerprint density at radius 2 is 1.65 bits per heavy atom. The maximum Gasteiger partial charge on any atom is 0.269 e. The summed E-state index contributed by atoms with van der Waals surface area (Å²) in [7, 11) is -3.81. The molecule has 0 fully saturated rings. The Morgan fingerprint density at radius 1 is 1.00 bits per heavy atom. The number of nitrogens with two attached hydrogens (primary N) is 1. The lowest BCUT2D eigenvalue weighted by Crippen LogP contribution is -2.23. The molecular weight excluding hydrogens is 378 g/mol. The highest BCUT2D eigenvalue weighted by Crippen LogP contribution is 2.27. The van der Waals surface area contributed by atoms with Gasteiger partial charge in [-0.1, -0.05) is 36.4 Å². The van der Waals surface area contributed by atoms with Crippen molar-refractivity contribution in [1.82, 2.24) is 4.72 Å². The van der Waals surface area contributed by atoms with Crippen molar-refractivity contribution >= 4 is 44.6 Å². The number of nitro groups is 1. The van der Waals surface area contributed by atoms with Gasteiger partial charge < -0.3 is 5.73 Å². The van der Waals surface area contributed by atoms with E-state index in [1.165, 1.54) is 24.3 Å². The summed E-state index contributed by atoms with van der Waals surface area (Å²) in [6, 6.07) is 15.8. The monoisotopic (exact) mass is 393 g/mol. The second-order valence-corrected chi connectivity index (χ2v) is 7.19. The van der Waals surface area contributed by atoms with Crippen LogP contribution >= 0.6 is 12.4 Å². The van der Waals surface area contributed by atoms with E-state index in [9.17, 15) is 18.5 Å². The Kier molecular flexibility index (Phi) is 5.81. The van der Waals surface area contributed by atoms with Crippen LogP contribution in [0.5, 0.6) is 0 Å². The number of fused-ring (bicyclic) bond motifs is 1. The first-order valence-electron chi connectivity index (χ1n) is 7.39. The fourth-order valence-electron chi connectivity index (χ4n) is 2.58. The quantitative estimate of drug-likeness (QED) is 0.392. The van der Waals surface area contributed by atoms with Gasteiger partial charge in [0, 0.05) is 35.1 Å². The summed E-state index contributed by atoms with van der Waals surface area (Å²) in [6.45, 7) is -0.0529. The van der Waals surface area contributed by atoms with E-state index in [-0.39, 0.29) is 29.5 Å². The van der Waals surface area contributed by atoms with Gasteiger partial charge in [0.2, 0.25) is 10.0 Å². The second-order valence-electron chi connectivity index (χ2n) is 5.45. The molecule has 26 heavy (non-hydrogen) atoms. The molecule has 3 aromatic rings. The van der Waals surface area contributed by atoms with Gasteiger partial charge in [-0.15, -0.1) is 12.4 Å². The molecular formula is C17H16ClN3O4S. The molecule has 0 atom stereocenters. The van der Waals surface area contributed by atoms with Gasteiger partial charge >= 0.3 is 0 Å². The zero-order valence-corrected chi connectivity index (χ0v) is 15.1. The van der Waals surface area contributed by atoms with E-state index in [1.807, 2.05) is 0 Å². The minimum Gasteiger partial charge on any atom is -0.398 e. The van der Waals surface area contributed by atoms with Gasteiger partial charge in [-0.2, -0.15) is 0 Å². The van der Waals surface area contributed by atoms with Crippen molar-refractivity contribution in [2.75, 3.05) is 5.73 Å².